The Morgan fingerprint density at radius 2 is 1.71 bits per heavy atom. The highest BCUT2D eigenvalue weighted by molar-refractivity contribution is 6.32. The Morgan fingerprint density at radius 1 is 1.03 bits per heavy atom. The van der Waals surface area contributed by atoms with E-state index in [0.29, 0.717) is 5.69 Å². The molecule has 0 saturated carbocycles. The molecule has 7 nitrogen and oxygen atoms in total. The minimum Gasteiger partial charge on any atom is -0.331 e. The number of carbonyl (C=O) groups excluding carboxylic acids is 3. The van der Waals surface area contributed by atoms with Gasteiger partial charge in [-0.2, -0.15) is 0 Å². The van der Waals surface area contributed by atoms with E-state index < -0.39 is 23.8 Å². The Bertz CT molecular complexity index is 997. The van der Waals surface area contributed by atoms with Crippen molar-refractivity contribution in [2.75, 3.05) is 18.0 Å². The lowest BCUT2D eigenvalue weighted by Crippen LogP contribution is -3.12. The molecule has 2 N–H and O–H groups in total. The molecule has 2 heterocycles. The highest BCUT2D eigenvalue weighted by Gasteiger charge is 2.41. The Hall–Kier alpha value is -3.32. The van der Waals surface area contributed by atoms with Gasteiger partial charge in [0.15, 0.2) is 5.92 Å². The minimum absolute atomic E-state index is 0.0877. The number of hydrogen-bond donors (Lipinski definition) is 2. The molecule has 0 radical (unpaired) electrons. The first-order valence-electron chi connectivity index (χ1n) is 10.7. The van der Waals surface area contributed by atoms with E-state index in [9.17, 15) is 14.4 Å². The molecule has 31 heavy (non-hydrogen) atoms. The van der Waals surface area contributed by atoms with Gasteiger partial charge in [-0.1, -0.05) is 48.5 Å². The van der Waals surface area contributed by atoms with Crippen molar-refractivity contribution in [1.29, 1.82) is 0 Å². The average molecular weight is 420 g/mol. The zero-order chi connectivity index (χ0) is 21.8. The quantitative estimate of drug-likeness (QED) is 0.569. The molecule has 2 aromatic rings. The van der Waals surface area contributed by atoms with Gasteiger partial charge in [0, 0.05) is 24.6 Å². The first-order chi connectivity index (χ1) is 15.0. The molecule has 4 rings (SSSR count). The summed E-state index contributed by atoms with van der Waals surface area (Å²) in [7, 11) is 0. The number of piperidine rings is 1. The number of para-hydroxylation sites is 1. The summed E-state index contributed by atoms with van der Waals surface area (Å²) in [6.07, 6.45) is 3.24. The molecular formula is C24H27N4O3+. The van der Waals surface area contributed by atoms with Crippen molar-refractivity contribution in [1.82, 2.24) is 5.32 Å². The van der Waals surface area contributed by atoms with Crippen molar-refractivity contribution in [2.24, 2.45) is 10.9 Å². The average Bonchev–Trinajstić information content (AvgIpc) is 2.76. The molecule has 0 spiro atoms. The van der Waals surface area contributed by atoms with Crippen LogP contribution in [0.3, 0.4) is 0 Å². The van der Waals surface area contributed by atoms with Crippen LogP contribution in [0.4, 0.5) is 10.5 Å². The molecule has 0 aromatic heterocycles. The molecule has 2 saturated heterocycles. The summed E-state index contributed by atoms with van der Waals surface area (Å²) < 4.78 is 0. The zero-order valence-electron chi connectivity index (χ0n) is 17.6. The number of aliphatic imine (C=N–C) groups is 1. The van der Waals surface area contributed by atoms with Crippen LogP contribution in [-0.4, -0.2) is 43.2 Å². The van der Waals surface area contributed by atoms with Gasteiger partial charge in [0.25, 0.3) is 5.91 Å². The number of aryl methyl sites for hydroxylation is 1. The normalized spacial score (nSPS) is 24.5. The van der Waals surface area contributed by atoms with Crippen molar-refractivity contribution in [3.63, 3.8) is 0 Å². The van der Waals surface area contributed by atoms with Gasteiger partial charge < -0.3 is 4.90 Å². The summed E-state index contributed by atoms with van der Waals surface area (Å²) in [5.41, 5.74) is 2.59. The van der Waals surface area contributed by atoms with E-state index in [1.807, 2.05) is 25.1 Å². The third-order valence-corrected chi connectivity index (χ3v) is 5.96. The van der Waals surface area contributed by atoms with Crippen LogP contribution in [0.25, 0.3) is 0 Å². The molecule has 0 unspecified atom stereocenters. The molecule has 2 aliphatic rings. The van der Waals surface area contributed by atoms with Gasteiger partial charge in [0.2, 0.25) is 5.91 Å². The maximum absolute atomic E-state index is 13.0. The van der Waals surface area contributed by atoms with Gasteiger partial charge in [-0.05, 0) is 18.6 Å². The van der Waals surface area contributed by atoms with Crippen LogP contribution in [0.5, 0.6) is 0 Å². The first kappa shape index (κ1) is 20.9. The summed E-state index contributed by atoms with van der Waals surface area (Å²) in [6.45, 7) is 4.81. The second-order valence-electron chi connectivity index (χ2n) is 8.17. The zero-order valence-corrected chi connectivity index (χ0v) is 17.6. The molecule has 0 aliphatic carbocycles. The number of nitrogens with zero attached hydrogens (tertiary/aromatic N) is 2. The SMILES string of the molecule is Cc1ccccc1N1C(=O)NC(=O)[C@@H](C=NC2CC[NH+](Cc3ccccc3)CC2)C1=O. The van der Waals surface area contributed by atoms with E-state index >= 15 is 0 Å². The summed E-state index contributed by atoms with van der Waals surface area (Å²) in [4.78, 5) is 44.8. The van der Waals surface area contributed by atoms with Crippen LogP contribution in [0, 0.1) is 12.8 Å². The number of quaternary nitrogens is 1. The van der Waals surface area contributed by atoms with Crippen molar-refractivity contribution >= 4 is 29.7 Å². The van der Waals surface area contributed by atoms with Crippen LogP contribution in [0.15, 0.2) is 59.6 Å². The number of carbonyl (C=O) groups is 3. The van der Waals surface area contributed by atoms with Gasteiger partial charge in [0.1, 0.15) is 6.54 Å². The summed E-state index contributed by atoms with van der Waals surface area (Å²) in [5.74, 6) is -2.26. The Morgan fingerprint density at radius 3 is 2.42 bits per heavy atom. The topological polar surface area (TPSA) is 83.3 Å². The summed E-state index contributed by atoms with van der Waals surface area (Å²) in [5, 5.41) is 2.29. The number of benzene rings is 2. The van der Waals surface area contributed by atoms with Gasteiger partial charge in [-0.25, -0.2) is 9.69 Å². The van der Waals surface area contributed by atoms with E-state index in [4.69, 9.17) is 0 Å². The number of likely N-dealkylation sites (tertiary alicyclic amines) is 1. The highest BCUT2D eigenvalue weighted by atomic mass is 16.2. The molecule has 0 bridgehead atoms. The van der Waals surface area contributed by atoms with Crippen LogP contribution < -0.4 is 15.1 Å². The maximum Gasteiger partial charge on any atom is 0.335 e. The molecule has 2 fully saturated rings. The molecule has 2 aliphatic heterocycles. The third kappa shape index (κ3) is 4.72. The fourth-order valence-electron chi connectivity index (χ4n) is 4.19. The van der Waals surface area contributed by atoms with Crippen molar-refractivity contribution in [3.05, 3.63) is 65.7 Å². The third-order valence-electron chi connectivity index (χ3n) is 5.96. The van der Waals surface area contributed by atoms with E-state index in [1.165, 1.54) is 16.7 Å². The van der Waals surface area contributed by atoms with Crippen molar-refractivity contribution in [3.8, 4) is 0 Å². The number of anilines is 1. The Balaban J connectivity index is 1.39. The minimum atomic E-state index is -1.09. The van der Waals surface area contributed by atoms with Gasteiger partial charge in [-0.3, -0.25) is 19.9 Å². The van der Waals surface area contributed by atoms with Crippen molar-refractivity contribution < 1.29 is 19.3 Å². The van der Waals surface area contributed by atoms with E-state index in [0.717, 1.165) is 42.9 Å². The Labute approximate surface area is 181 Å². The Kier molecular flexibility index (Phi) is 6.23. The molecule has 1 atom stereocenters. The largest absolute Gasteiger partial charge is 0.335 e. The predicted molar refractivity (Wildman–Crippen MR) is 118 cm³/mol. The monoisotopic (exact) mass is 419 g/mol. The van der Waals surface area contributed by atoms with Crippen LogP contribution >= 0.6 is 0 Å². The maximum atomic E-state index is 13.0. The second-order valence-corrected chi connectivity index (χ2v) is 8.17. The smallest absolute Gasteiger partial charge is 0.331 e. The number of hydrogen-bond acceptors (Lipinski definition) is 4. The highest BCUT2D eigenvalue weighted by Crippen LogP contribution is 2.23. The molecular weight excluding hydrogens is 392 g/mol. The number of urea groups is 1. The van der Waals surface area contributed by atoms with Crippen molar-refractivity contribution in [2.45, 2.75) is 32.4 Å². The lowest BCUT2D eigenvalue weighted by molar-refractivity contribution is -0.918. The summed E-state index contributed by atoms with van der Waals surface area (Å²) >= 11 is 0. The molecule has 160 valence electrons. The summed E-state index contributed by atoms with van der Waals surface area (Å²) in [6, 6.07) is 16.9. The van der Waals surface area contributed by atoms with Gasteiger partial charge in [0.05, 0.1) is 24.8 Å². The van der Waals surface area contributed by atoms with E-state index in [2.05, 4.69) is 34.6 Å². The predicted octanol–water partition coefficient (Wildman–Crippen LogP) is 1.51. The molecule has 4 amide bonds. The first-order valence-corrected chi connectivity index (χ1v) is 10.7. The van der Waals surface area contributed by atoms with Crippen LogP contribution in [-0.2, 0) is 16.1 Å². The number of barbiturate groups is 1. The lowest BCUT2D eigenvalue weighted by Gasteiger charge is -2.30. The number of amides is 4. The number of imide groups is 2. The van der Waals surface area contributed by atoms with Gasteiger partial charge >= 0.3 is 6.03 Å². The lowest BCUT2D eigenvalue weighted by atomic mass is 10.0. The van der Waals surface area contributed by atoms with Crippen LogP contribution in [0.1, 0.15) is 24.0 Å². The second kappa shape index (κ2) is 9.22. The van der Waals surface area contributed by atoms with Crippen LogP contribution in [0.2, 0.25) is 0 Å². The number of nitrogens with one attached hydrogen (secondary N) is 2. The molecule has 2 aromatic carbocycles. The van der Waals surface area contributed by atoms with E-state index in [1.54, 1.807) is 12.1 Å². The fraction of sp³-hybridized carbons (Fsp3) is 0.333. The van der Waals surface area contributed by atoms with E-state index in [-0.39, 0.29) is 6.04 Å². The fourth-order valence-corrected chi connectivity index (χ4v) is 4.19. The van der Waals surface area contributed by atoms with Gasteiger partial charge in [-0.15, -0.1) is 0 Å². The number of rotatable bonds is 5. The molecule has 7 heteroatoms. The standard InChI is InChI=1S/C24H26N4O3/c1-17-7-5-6-10-21(17)28-23(30)20(22(29)26-24(28)31)15-25-19-11-13-27(14-12-19)16-18-8-3-2-4-9-18/h2-10,15,19-20H,11-14,16H2,1H3,(H,26,29,31)/p+1/t20-/m1/s1.